The lowest BCUT2D eigenvalue weighted by atomic mass is 10.2. The number of carbonyl (C=O) groups is 1. The van der Waals surface area contributed by atoms with Gasteiger partial charge < -0.3 is 24.5 Å². The number of aromatic nitrogens is 3. The van der Waals surface area contributed by atoms with Gasteiger partial charge in [-0.1, -0.05) is 6.92 Å². The first-order valence-electron chi connectivity index (χ1n) is 11.4. The molecule has 0 saturated carbocycles. The van der Waals surface area contributed by atoms with E-state index >= 15 is 0 Å². The second kappa shape index (κ2) is 12.3. The Kier molecular flexibility index (Phi) is 9.20. The Hall–Kier alpha value is -2.98. The van der Waals surface area contributed by atoms with Crippen LogP contribution in [0.1, 0.15) is 32.4 Å². The second-order valence-electron chi connectivity index (χ2n) is 7.96. The third-order valence-electron chi connectivity index (χ3n) is 5.55. The Labute approximate surface area is 193 Å². The van der Waals surface area contributed by atoms with Crippen molar-refractivity contribution in [1.82, 2.24) is 25.4 Å². The highest BCUT2D eigenvalue weighted by Gasteiger charge is 2.14. The van der Waals surface area contributed by atoms with Gasteiger partial charge >= 0.3 is 0 Å². The molecule has 2 heterocycles. The lowest BCUT2D eigenvalue weighted by Gasteiger charge is -2.26. The van der Waals surface area contributed by atoms with Crippen LogP contribution in [0.2, 0.25) is 0 Å². The van der Waals surface area contributed by atoms with Gasteiger partial charge in [-0.25, -0.2) is 0 Å². The van der Waals surface area contributed by atoms with Crippen molar-refractivity contribution >= 4 is 5.91 Å². The number of H-pyrrole nitrogens is 1. The van der Waals surface area contributed by atoms with Crippen LogP contribution in [0.5, 0.6) is 11.5 Å². The Balaban J connectivity index is 1.55. The summed E-state index contributed by atoms with van der Waals surface area (Å²) in [5.74, 6) is 1.39. The zero-order chi connectivity index (χ0) is 23.6. The molecule has 1 aromatic carbocycles. The van der Waals surface area contributed by atoms with E-state index in [9.17, 15) is 9.59 Å². The van der Waals surface area contributed by atoms with Gasteiger partial charge in [0.2, 0.25) is 5.91 Å². The SMILES string of the molecule is CCC(C)Oc1ccc(-c2nnc(CCC(=O)NCCN3CCOCC3)c(=O)[nH]2)cc1OC. The van der Waals surface area contributed by atoms with E-state index in [0.717, 1.165) is 39.3 Å². The highest BCUT2D eigenvalue weighted by molar-refractivity contribution is 5.76. The molecular weight excluding hydrogens is 426 g/mol. The fourth-order valence-electron chi connectivity index (χ4n) is 3.36. The molecule has 10 nitrogen and oxygen atoms in total. The summed E-state index contributed by atoms with van der Waals surface area (Å²) < 4.78 is 16.6. The third kappa shape index (κ3) is 7.26. The number of carbonyl (C=O) groups excluding carboxylic acids is 1. The van der Waals surface area contributed by atoms with Crippen LogP contribution in [0, 0.1) is 0 Å². The minimum absolute atomic E-state index is 0.0557. The minimum atomic E-state index is -0.361. The average molecular weight is 460 g/mol. The number of aromatic amines is 1. The summed E-state index contributed by atoms with van der Waals surface area (Å²) in [4.78, 5) is 29.6. The maximum atomic E-state index is 12.5. The molecule has 2 aromatic rings. The predicted octanol–water partition coefficient (Wildman–Crippen LogP) is 1.40. The highest BCUT2D eigenvalue weighted by atomic mass is 16.5. The average Bonchev–Trinajstić information content (AvgIpc) is 2.84. The van der Waals surface area contributed by atoms with Crippen LogP contribution in [0.4, 0.5) is 0 Å². The number of benzene rings is 1. The van der Waals surface area contributed by atoms with Crippen LogP contribution in [0.15, 0.2) is 23.0 Å². The largest absolute Gasteiger partial charge is 0.493 e. The molecular formula is C23H33N5O5. The number of nitrogens with one attached hydrogen (secondary N) is 2. The van der Waals surface area contributed by atoms with Crippen LogP contribution in [-0.2, 0) is 16.0 Å². The molecule has 1 amide bonds. The van der Waals surface area contributed by atoms with E-state index < -0.39 is 0 Å². The van der Waals surface area contributed by atoms with Gasteiger partial charge in [-0.2, -0.15) is 0 Å². The van der Waals surface area contributed by atoms with Crippen LogP contribution < -0.4 is 20.3 Å². The van der Waals surface area contributed by atoms with E-state index in [-0.39, 0.29) is 36.1 Å². The van der Waals surface area contributed by atoms with Gasteiger partial charge in [0.25, 0.3) is 5.56 Å². The Morgan fingerprint density at radius 2 is 2.06 bits per heavy atom. The molecule has 0 radical (unpaired) electrons. The second-order valence-corrected chi connectivity index (χ2v) is 7.96. The zero-order valence-corrected chi connectivity index (χ0v) is 19.6. The van der Waals surface area contributed by atoms with E-state index in [1.807, 2.05) is 13.8 Å². The summed E-state index contributed by atoms with van der Waals surface area (Å²) in [6.45, 7) is 8.61. The van der Waals surface area contributed by atoms with Crippen molar-refractivity contribution < 1.29 is 19.0 Å². The first kappa shape index (κ1) is 24.7. The van der Waals surface area contributed by atoms with Gasteiger partial charge in [-0.15, -0.1) is 10.2 Å². The van der Waals surface area contributed by atoms with Gasteiger partial charge in [0.15, 0.2) is 17.3 Å². The number of hydrogen-bond donors (Lipinski definition) is 2. The van der Waals surface area contributed by atoms with E-state index in [2.05, 4.69) is 25.4 Å². The van der Waals surface area contributed by atoms with Crippen molar-refractivity contribution in [3.05, 3.63) is 34.2 Å². The maximum Gasteiger partial charge on any atom is 0.273 e. The van der Waals surface area contributed by atoms with Crippen molar-refractivity contribution in [1.29, 1.82) is 0 Å². The third-order valence-corrected chi connectivity index (χ3v) is 5.55. The first-order valence-corrected chi connectivity index (χ1v) is 11.4. The van der Waals surface area contributed by atoms with Crippen LogP contribution in [-0.4, -0.2) is 78.6 Å². The smallest absolute Gasteiger partial charge is 0.273 e. The lowest BCUT2D eigenvalue weighted by Crippen LogP contribution is -2.41. The van der Waals surface area contributed by atoms with Gasteiger partial charge in [-0.3, -0.25) is 14.5 Å². The number of aryl methyl sites for hydroxylation is 1. The van der Waals surface area contributed by atoms with Crippen molar-refractivity contribution in [2.45, 2.75) is 39.2 Å². The van der Waals surface area contributed by atoms with E-state index in [1.54, 1.807) is 25.3 Å². The quantitative estimate of drug-likeness (QED) is 0.518. The van der Waals surface area contributed by atoms with Gasteiger partial charge in [0.05, 0.1) is 26.4 Å². The molecule has 1 saturated heterocycles. The molecule has 0 bridgehead atoms. The number of nitrogens with zero attached hydrogens (tertiary/aromatic N) is 3. The molecule has 1 aliphatic heterocycles. The van der Waals surface area contributed by atoms with E-state index in [1.165, 1.54) is 0 Å². The minimum Gasteiger partial charge on any atom is -0.493 e. The van der Waals surface area contributed by atoms with Gasteiger partial charge in [-0.05, 0) is 31.5 Å². The molecule has 0 aliphatic carbocycles. The van der Waals surface area contributed by atoms with Crippen LogP contribution in [0.25, 0.3) is 11.4 Å². The predicted molar refractivity (Wildman–Crippen MR) is 124 cm³/mol. The standard InChI is InChI=1S/C23H33N5O5/c1-4-16(2)33-19-7-5-17(15-20(19)31-3)22-25-23(30)18(26-27-22)6-8-21(29)24-9-10-28-11-13-32-14-12-28/h5,7,15-16H,4,6,8-14H2,1-3H3,(H,24,29)(H,25,27,30). The van der Waals surface area contributed by atoms with E-state index in [4.69, 9.17) is 14.2 Å². The molecule has 10 heteroatoms. The molecule has 33 heavy (non-hydrogen) atoms. The molecule has 2 N–H and O–H groups in total. The molecule has 0 spiro atoms. The maximum absolute atomic E-state index is 12.5. The number of ether oxygens (including phenoxy) is 3. The van der Waals surface area contributed by atoms with Crippen molar-refractivity contribution in [3.8, 4) is 22.9 Å². The molecule has 1 unspecified atom stereocenters. The monoisotopic (exact) mass is 459 g/mol. The summed E-state index contributed by atoms with van der Waals surface area (Å²) in [7, 11) is 1.56. The fraction of sp³-hybridized carbons (Fsp3) is 0.565. The van der Waals surface area contributed by atoms with Crippen LogP contribution in [0.3, 0.4) is 0 Å². The molecule has 1 fully saturated rings. The van der Waals surface area contributed by atoms with Gasteiger partial charge in [0.1, 0.15) is 5.69 Å². The Morgan fingerprint density at radius 1 is 1.27 bits per heavy atom. The first-order chi connectivity index (χ1) is 16.0. The van der Waals surface area contributed by atoms with Crippen molar-refractivity contribution in [2.75, 3.05) is 46.5 Å². The number of amides is 1. The molecule has 1 atom stereocenters. The number of hydrogen-bond acceptors (Lipinski definition) is 8. The summed E-state index contributed by atoms with van der Waals surface area (Å²) in [5, 5.41) is 11.1. The normalized spacial score (nSPS) is 15.1. The summed E-state index contributed by atoms with van der Waals surface area (Å²) in [5.41, 5.74) is 0.520. The highest BCUT2D eigenvalue weighted by Crippen LogP contribution is 2.32. The molecule has 1 aromatic heterocycles. The Bertz CT molecular complexity index is 974. The van der Waals surface area contributed by atoms with Crippen LogP contribution >= 0.6 is 0 Å². The van der Waals surface area contributed by atoms with Crippen molar-refractivity contribution in [2.24, 2.45) is 0 Å². The summed E-state index contributed by atoms with van der Waals surface area (Å²) in [6, 6.07) is 5.33. The number of morpholine rings is 1. The van der Waals surface area contributed by atoms with Crippen molar-refractivity contribution in [3.63, 3.8) is 0 Å². The van der Waals surface area contributed by atoms with Gasteiger partial charge in [0, 0.05) is 44.6 Å². The zero-order valence-electron chi connectivity index (χ0n) is 19.6. The lowest BCUT2D eigenvalue weighted by molar-refractivity contribution is -0.121. The number of rotatable bonds is 11. The number of methoxy groups -OCH3 is 1. The summed E-state index contributed by atoms with van der Waals surface area (Å²) >= 11 is 0. The Morgan fingerprint density at radius 3 is 2.76 bits per heavy atom. The molecule has 180 valence electrons. The summed E-state index contributed by atoms with van der Waals surface area (Å²) in [6.07, 6.45) is 1.32. The molecule has 1 aliphatic rings. The van der Waals surface area contributed by atoms with E-state index in [0.29, 0.717) is 29.4 Å². The molecule has 3 rings (SSSR count). The fourth-order valence-corrected chi connectivity index (χ4v) is 3.36. The topological polar surface area (TPSA) is 119 Å².